The maximum Gasteiger partial charge on any atom is 0.240 e. The van der Waals surface area contributed by atoms with Gasteiger partial charge in [0.2, 0.25) is 5.91 Å². The van der Waals surface area contributed by atoms with Gasteiger partial charge in [-0.25, -0.2) is 5.43 Å². The Balaban J connectivity index is 1.74. The average Bonchev–Trinajstić information content (AvgIpc) is 2.73. The number of phenolic OH excluding ortho intramolecular Hbond substituents is 2. The lowest BCUT2D eigenvalue weighted by Crippen LogP contribution is -2.20. The third-order valence-corrected chi connectivity index (χ3v) is 5.76. The summed E-state index contributed by atoms with van der Waals surface area (Å²) in [6.45, 7) is 12.4. The summed E-state index contributed by atoms with van der Waals surface area (Å²) in [5.41, 5.74) is 5.48. The van der Waals surface area contributed by atoms with Gasteiger partial charge in [0.1, 0.15) is 11.5 Å². The van der Waals surface area contributed by atoms with Crippen LogP contribution in [0.5, 0.6) is 11.5 Å². The van der Waals surface area contributed by atoms with Crippen molar-refractivity contribution in [2.45, 2.75) is 65.2 Å². The van der Waals surface area contributed by atoms with Crippen LogP contribution >= 0.6 is 0 Å². The molecule has 5 nitrogen and oxygen atoms in total. The second kappa shape index (κ2) is 9.26. The Morgan fingerprint density at radius 1 is 0.939 bits per heavy atom. The molecule has 0 unspecified atom stereocenters. The maximum atomic E-state index is 12.4. The number of hydrazone groups is 1. The Morgan fingerprint density at radius 3 is 2.15 bits per heavy atom. The summed E-state index contributed by atoms with van der Waals surface area (Å²) in [6, 6.07) is 15.1. The molecule has 0 saturated heterocycles. The molecule has 0 radical (unpaired) electrons. The predicted octanol–water partition coefficient (Wildman–Crippen LogP) is 5.93. The van der Waals surface area contributed by atoms with E-state index in [9.17, 15) is 15.0 Å². The van der Waals surface area contributed by atoms with Crippen molar-refractivity contribution in [3.63, 3.8) is 0 Å². The van der Waals surface area contributed by atoms with Crippen LogP contribution in [0.25, 0.3) is 10.8 Å². The molecule has 1 amide bonds. The number of nitrogens with one attached hydrogen (secondary N) is 1. The van der Waals surface area contributed by atoms with Gasteiger partial charge >= 0.3 is 0 Å². The standard InChI is InChI=1S/C28H34N2O3/c1-27(2,3)22-15-18(16-23(26(22)33)28(4,5)6)11-14-25(32)30-29-17-21-20-10-8-7-9-19(20)12-13-24(21)31/h7-10,12-13,15-17,31,33H,11,14H2,1-6H3,(H,30,32). The van der Waals surface area contributed by atoms with E-state index in [-0.39, 0.29) is 28.9 Å². The zero-order chi connectivity index (χ0) is 24.4. The van der Waals surface area contributed by atoms with Gasteiger partial charge in [0, 0.05) is 12.0 Å². The number of nitrogens with zero attached hydrogens (tertiary/aromatic N) is 1. The Hall–Kier alpha value is -3.34. The van der Waals surface area contributed by atoms with Crippen LogP contribution in [0.15, 0.2) is 53.6 Å². The molecule has 0 aromatic heterocycles. The molecule has 3 N–H and O–H groups in total. The van der Waals surface area contributed by atoms with Gasteiger partial charge in [0.25, 0.3) is 0 Å². The molecule has 3 rings (SSSR count). The summed E-state index contributed by atoms with van der Waals surface area (Å²) >= 11 is 0. The molecule has 0 bridgehead atoms. The normalized spacial score (nSPS) is 12.4. The summed E-state index contributed by atoms with van der Waals surface area (Å²) in [5.74, 6) is 0.233. The lowest BCUT2D eigenvalue weighted by Gasteiger charge is -2.28. The van der Waals surface area contributed by atoms with E-state index in [4.69, 9.17) is 0 Å². The lowest BCUT2D eigenvalue weighted by molar-refractivity contribution is -0.121. The van der Waals surface area contributed by atoms with Crippen molar-refractivity contribution >= 4 is 22.9 Å². The van der Waals surface area contributed by atoms with Crippen LogP contribution < -0.4 is 5.43 Å². The van der Waals surface area contributed by atoms with Crippen molar-refractivity contribution in [1.82, 2.24) is 5.43 Å². The summed E-state index contributed by atoms with van der Waals surface area (Å²) in [5, 5.41) is 27.0. The van der Waals surface area contributed by atoms with Gasteiger partial charge in [0.15, 0.2) is 0 Å². The summed E-state index contributed by atoms with van der Waals surface area (Å²) in [6.07, 6.45) is 2.27. The van der Waals surface area contributed by atoms with Gasteiger partial charge in [0.05, 0.1) is 6.21 Å². The fourth-order valence-corrected chi connectivity index (χ4v) is 3.88. The average molecular weight is 447 g/mol. The predicted molar refractivity (Wildman–Crippen MR) is 135 cm³/mol. The molecule has 33 heavy (non-hydrogen) atoms. The molecular formula is C28H34N2O3. The third kappa shape index (κ3) is 5.72. The highest BCUT2D eigenvalue weighted by Gasteiger charge is 2.26. The molecule has 0 aliphatic rings. The first kappa shape index (κ1) is 24.3. The zero-order valence-corrected chi connectivity index (χ0v) is 20.4. The van der Waals surface area contributed by atoms with Crippen molar-refractivity contribution in [3.8, 4) is 11.5 Å². The van der Waals surface area contributed by atoms with E-state index >= 15 is 0 Å². The topological polar surface area (TPSA) is 81.9 Å². The number of benzene rings is 3. The number of aromatic hydroxyl groups is 2. The number of amides is 1. The van der Waals surface area contributed by atoms with Crippen molar-refractivity contribution in [2.75, 3.05) is 0 Å². The van der Waals surface area contributed by atoms with Crippen LogP contribution in [-0.2, 0) is 22.0 Å². The minimum Gasteiger partial charge on any atom is -0.507 e. The molecule has 0 heterocycles. The van der Waals surface area contributed by atoms with Gasteiger partial charge in [-0.15, -0.1) is 0 Å². The number of fused-ring (bicyclic) bond motifs is 1. The number of carbonyl (C=O) groups excluding carboxylic acids is 1. The van der Waals surface area contributed by atoms with Crippen LogP contribution in [0, 0.1) is 0 Å². The molecule has 0 aliphatic carbocycles. The van der Waals surface area contributed by atoms with Gasteiger partial charge in [-0.1, -0.05) is 84.0 Å². The van der Waals surface area contributed by atoms with Crippen LogP contribution in [0.1, 0.15) is 70.2 Å². The molecule has 0 spiro atoms. The van der Waals surface area contributed by atoms with E-state index in [1.165, 1.54) is 6.21 Å². The Kier molecular flexibility index (Phi) is 6.82. The fraction of sp³-hybridized carbons (Fsp3) is 0.357. The van der Waals surface area contributed by atoms with E-state index in [1.807, 2.05) is 42.5 Å². The van der Waals surface area contributed by atoms with E-state index in [1.54, 1.807) is 6.07 Å². The smallest absolute Gasteiger partial charge is 0.240 e. The van der Waals surface area contributed by atoms with Gasteiger partial charge in [-0.3, -0.25) is 4.79 Å². The van der Waals surface area contributed by atoms with E-state index in [2.05, 4.69) is 52.1 Å². The first-order chi connectivity index (χ1) is 15.4. The fourth-order valence-electron chi connectivity index (χ4n) is 3.88. The number of carbonyl (C=O) groups is 1. The monoisotopic (exact) mass is 446 g/mol. The van der Waals surface area contributed by atoms with Crippen molar-refractivity contribution in [1.29, 1.82) is 0 Å². The first-order valence-electron chi connectivity index (χ1n) is 11.3. The van der Waals surface area contributed by atoms with Gasteiger partial charge < -0.3 is 10.2 Å². The number of rotatable bonds is 5. The molecule has 5 heteroatoms. The quantitative estimate of drug-likeness (QED) is 0.336. The SMILES string of the molecule is CC(C)(C)c1cc(CCC(=O)NN=Cc2c(O)ccc3ccccc23)cc(C(C)(C)C)c1O. The maximum absolute atomic E-state index is 12.4. The Labute approximate surface area is 196 Å². The lowest BCUT2D eigenvalue weighted by atomic mass is 9.78. The van der Waals surface area contributed by atoms with Crippen molar-refractivity contribution in [2.24, 2.45) is 5.10 Å². The van der Waals surface area contributed by atoms with Crippen LogP contribution in [0.4, 0.5) is 0 Å². The largest absolute Gasteiger partial charge is 0.507 e. The molecule has 3 aromatic rings. The minimum atomic E-state index is -0.215. The summed E-state index contributed by atoms with van der Waals surface area (Å²) in [7, 11) is 0. The third-order valence-electron chi connectivity index (χ3n) is 5.76. The van der Waals surface area contributed by atoms with Gasteiger partial charge in [-0.2, -0.15) is 5.10 Å². The van der Waals surface area contributed by atoms with Crippen molar-refractivity contribution < 1.29 is 15.0 Å². The highest BCUT2D eigenvalue weighted by molar-refractivity contribution is 6.02. The Morgan fingerprint density at radius 2 is 1.55 bits per heavy atom. The number of hydrogen-bond acceptors (Lipinski definition) is 4. The number of aryl methyl sites for hydroxylation is 1. The van der Waals surface area contributed by atoms with E-state index in [0.29, 0.717) is 17.7 Å². The molecular weight excluding hydrogens is 412 g/mol. The van der Waals surface area contributed by atoms with E-state index < -0.39 is 0 Å². The molecule has 0 aliphatic heterocycles. The summed E-state index contributed by atoms with van der Waals surface area (Å²) in [4.78, 5) is 12.4. The van der Waals surface area contributed by atoms with E-state index in [0.717, 1.165) is 27.5 Å². The molecule has 3 aromatic carbocycles. The molecule has 0 fully saturated rings. The number of hydrogen-bond donors (Lipinski definition) is 3. The molecule has 174 valence electrons. The van der Waals surface area contributed by atoms with Crippen LogP contribution in [0.3, 0.4) is 0 Å². The first-order valence-corrected chi connectivity index (χ1v) is 11.3. The zero-order valence-electron chi connectivity index (χ0n) is 20.4. The van der Waals surface area contributed by atoms with Crippen LogP contribution in [0.2, 0.25) is 0 Å². The summed E-state index contributed by atoms with van der Waals surface area (Å²) < 4.78 is 0. The Bertz CT molecular complexity index is 1160. The highest BCUT2D eigenvalue weighted by atomic mass is 16.3. The van der Waals surface area contributed by atoms with Crippen molar-refractivity contribution in [3.05, 3.63) is 70.8 Å². The molecule has 0 saturated carbocycles. The number of phenols is 2. The highest BCUT2D eigenvalue weighted by Crippen LogP contribution is 2.40. The second-order valence-corrected chi connectivity index (χ2v) is 10.6. The molecule has 0 atom stereocenters. The van der Waals surface area contributed by atoms with Gasteiger partial charge in [-0.05, 0) is 50.8 Å². The second-order valence-electron chi connectivity index (χ2n) is 10.6. The van der Waals surface area contributed by atoms with Crippen LogP contribution in [-0.4, -0.2) is 22.3 Å². The minimum absolute atomic E-state index is 0.111.